The molecular weight excluding hydrogens is 360 g/mol. The van der Waals surface area contributed by atoms with Gasteiger partial charge in [0.2, 0.25) is 10.0 Å². The molecule has 0 N–H and O–H groups in total. The number of aromatic nitrogens is 1. The first-order valence-corrected chi connectivity index (χ1v) is 10.8. The van der Waals surface area contributed by atoms with Crippen LogP contribution >= 0.6 is 0 Å². The molecule has 0 amide bonds. The van der Waals surface area contributed by atoms with Gasteiger partial charge in [-0.3, -0.25) is 4.79 Å². The maximum atomic E-state index is 12.9. The predicted octanol–water partition coefficient (Wildman–Crippen LogP) is 3.26. The second-order valence-electron chi connectivity index (χ2n) is 7.07. The summed E-state index contributed by atoms with van der Waals surface area (Å²) < 4.78 is 29.0. The Kier molecular flexibility index (Phi) is 5.97. The van der Waals surface area contributed by atoms with E-state index < -0.39 is 10.0 Å². The Morgan fingerprint density at radius 3 is 2.59 bits per heavy atom. The van der Waals surface area contributed by atoms with E-state index >= 15 is 0 Å². The number of rotatable bonds is 7. The SMILES string of the molecule is C=C(CCC)C1CCN(S(=O)(=O)c2ccc(Cn3ccccc3=O)cc2)C1. The van der Waals surface area contributed by atoms with E-state index in [0.717, 1.165) is 30.4 Å². The molecule has 1 atom stereocenters. The monoisotopic (exact) mass is 386 g/mol. The van der Waals surface area contributed by atoms with E-state index in [1.54, 1.807) is 51.5 Å². The lowest BCUT2D eigenvalue weighted by Crippen LogP contribution is -2.29. The van der Waals surface area contributed by atoms with Gasteiger partial charge in [0, 0.05) is 25.4 Å². The summed E-state index contributed by atoms with van der Waals surface area (Å²) in [6.07, 6.45) is 4.55. The lowest BCUT2D eigenvalue weighted by molar-refractivity contribution is 0.466. The fraction of sp³-hybridized carbons (Fsp3) is 0.381. The van der Waals surface area contributed by atoms with E-state index in [-0.39, 0.29) is 11.5 Å². The molecule has 144 valence electrons. The second-order valence-corrected chi connectivity index (χ2v) is 9.01. The highest BCUT2D eigenvalue weighted by atomic mass is 32.2. The first-order valence-electron chi connectivity index (χ1n) is 9.34. The predicted molar refractivity (Wildman–Crippen MR) is 107 cm³/mol. The number of hydrogen-bond donors (Lipinski definition) is 0. The number of hydrogen-bond acceptors (Lipinski definition) is 3. The van der Waals surface area contributed by atoms with Crippen molar-refractivity contribution in [2.24, 2.45) is 5.92 Å². The van der Waals surface area contributed by atoms with E-state index in [9.17, 15) is 13.2 Å². The van der Waals surface area contributed by atoms with Crippen LogP contribution in [0.1, 0.15) is 31.7 Å². The Morgan fingerprint density at radius 2 is 1.93 bits per heavy atom. The molecule has 1 unspecified atom stereocenters. The summed E-state index contributed by atoms with van der Waals surface area (Å²) in [4.78, 5) is 12.1. The van der Waals surface area contributed by atoms with E-state index in [2.05, 4.69) is 13.5 Å². The van der Waals surface area contributed by atoms with Gasteiger partial charge in [0.1, 0.15) is 0 Å². The summed E-state index contributed by atoms with van der Waals surface area (Å²) >= 11 is 0. The number of benzene rings is 1. The molecule has 1 aliphatic rings. The van der Waals surface area contributed by atoms with Crippen molar-refractivity contribution in [3.8, 4) is 0 Å². The van der Waals surface area contributed by atoms with Crippen molar-refractivity contribution in [2.75, 3.05) is 13.1 Å². The Morgan fingerprint density at radius 1 is 1.19 bits per heavy atom. The van der Waals surface area contributed by atoms with Gasteiger partial charge in [-0.2, -0.15) is 4.31 Å². The molecule has 1 aromatic carbocycles. The van der Waals surface area contributed by atoms with Crippen molar-refractivity contribution in [2.45, 2.75) is 37.6 Å². The molecule has 0 saturated carbocycles. The topological polar surface area (TPSA) is 59.4 Å². The van der Waals surface area contributed by atoms with E-state index in [0.29, 0.717) is 24.5 Å². The molecule has 0 radical (unpaired) electrons. The lowest BCUT2D eigenvalue weighted by Gasteiger charge is -2.18. The average Bonchev–Trinajstić information content (AvgIpc) is 3.15. The Hall–Kier alpha value is -2.18. The fourth-order valence-electron chi connectivity index (χ4n) is 3.51. The minimum absolute atomic E-state index is 0.0791. The van der Waals surface area contributed by atoms with Crippen LogP contribution in [0.3, 0.4) is 0 Å². The van der Waals surface area contributed by atoms with Crippen LogP contribution in [0.4, 0.5) is 0 Å². The van der Waals surface area contributed by atoms with Crippen LogP contribution in [0.5, 0.6) is 0 Å². The van der Waals surface area contributed by atoms with Crippen molar-refractivity contribution in [3.05, 3.63) is 76.7 Å². The van der Waals surface area contributed by atoms with Gasteiger partial charge in [-0.05, 0) is 42.5 Å². The third kappa shape index (κ3) is 4.39. The number of sulfonamides is 1. The zero-order chi connectivity index (χ0) is 19.4. The summed E-state index contributed by atoms with van der Waals surface area (Å²) in [5.41, 5.74) is 1.96. The van der Waals surface area contributed by atoms with Gasteiger partial charge >= 0.3 is 0 Å². The minimum atomic E-state index is -3.49. The molecule has 1 saturated heterocycles. The number of nitrogens with zero attached hydrogens (tertiary/aromatic N) is 2. The van der Waals surface area contributed by atoms with Crippen LogP contribution in [-0.2, 0) is 16.6 Å². The molecular formula is C21H26N2O3S. The van der Waals surface area contributed by atoms with E-state index in [4.69, 9.17) is 0 Å². The van der Waals surface area contributed by atoms with Gasteiger partial charge in [-0.15, -0.1) is 0 Å². The van der Waals surface area contributed by atoms with Gasteiger partial charge < -0.3 is 4.57 Å². The molecule has 0 spiro atoms. The lowest BCUT2D eigenvalue weighted by atomic mass is 9.96. The van der Waals surface area contributed by atoms with Gasteiger partial charge in [-0.25, -0.2) is 8.42 Å². The number of pyridine rings is 1. The molecule has 2 heterocycles. The summed E-state index contributed by atoms with van der Waals surface area (Å²) in [5, 5.41) is 0. The molecule has 0 aliphatic carbocycles. The third-order valence-electron chi connectivity index (χ3n) is 5.11. The summed E-state index contributed by atoms with van der Waals surface area (Å²) in [6, 6.07) is 11.8. The molecule has 27 heavy (non-hydrogen) atoms. The highest BCUT2D eigenvalue weighted by Crippen LogP contribution is 2.29. The Balaban J connectivity index is 1.72. The maximum absolute atomic E-state index is 12.9. The first kappa shape index (κ1) is 19.6. The summed E-state index contributed by atoms with van der Waals surface area (Å²) in [5.74, 6) is 0.254. The Bertz CT molecular complexity index is 961. The molecule has 1 aliphatic heterocycles. The smallest absolute Gasteiger partial charge is 0.250 e. The Labute approximate surface area is 161 Å². The van der Waals surface area contributed by atoms with Crippen LogP contribution in [-0.4, -0.2) is 30.4 Å². The van der Waals surface area contributed by atoms with Crippen LogP contribution in [0.15, 0.2) is 70.5 Å². The van der Waals surface area contributed by atoms with E-state index in [1.807, 2.05) is 0 Å². The standard InChI is InChI=1S/C21H26N2O3S/c1-3-6-17(2)19-12-14-23(16-19)27(25,26)20-10-8-18(9-11-20)15-22-13-5-4-7-21(22)24/h4-5,7-11,13,19H,2-3,6,12,14-16H2,1H3. The van der Waals surface area contributed by atoms with Crippen molar-refractivity contribution < 1.29 is 8.42 Å². The summed E-state index contributed by atoms with van der Waals surface area (Å²) in [7, 11) is -3.49. The third-order valence-corrected chi connectivity index (χ3v) is 6.99. The largest absolute Gasteiger partial charge is 0.311 e. The molecule has 2 aromatic rings. The molecule has 5 nitrogen and oxygen atoms in total. The van der Waals surface area contributed by atoms with E-state index in [1.165, 1.54) is 6.07 Å². The molecule has 6 heteroatoms. The van der Waals surface area contributed by atoms with Gasteiger partial charge in [-0.1, -0.05) is 43.7 Å². The van der Waals surface area contributed by atoms with Gasteiger partial charge in [0.25, 0.3) is 5.56 Å². The molecule has 1 fully saturated rings. The molecule has 1 aromatic heterocycles. The maximum Gasteiger partial charge on any atom is 0.250 e. The quantitative estimate of drug-likeness (QED) is 0.686. The zero-order valence-corrected chi connectivity index (χ0v) is 16.5. The van der Waals surface area contributed by atoms with Crippen LogP contribution < -0.4 is 5.56 Å². The van der Waals surface area contributed by atoms with Crippen LogP contribution in [0, 0.1) is 5.92 Å². The van der Waals surface area contributed by atoms with Gasteiger partial charge in [0.15, 0.2) is 0 Å². The van der Waals surface area contributed by atoms with Crippen molar-refractivity contribution in [1.82, 2.24) is 8.87 Å². The first-order chi connectivity index (χ1) is 12.9. The second kappa shape index (κ2) is 8.23. The minimum Gasteiger partial charge on any atom is -0.311 e. The normalized spacial score (nSPS) is 17.9. The molecule has 0 bridgehead atoms. The zero-order valence-electron chi connectivity index (χ0n) is 15.7. The van der Waals surface area contributed by atoms with Crippen molar-refractivity contribution in [3.63, 3.8) is 0 Å². The van der Waals surface area contributed by atoms with Crippen molar-refractivity contribution in [1.29, 1.82) is 0 Å². The summed E-state index contributed by atoms with van der Waals surface area (Å²) in [6.45, 7) is 7.71. The van der Waals surface area contributed by atoms with Crippen LogP contribution in [0.25, 0.3) is 0 Å². The highest BCUT2D eigenvalue weighted by molar-refractivity contribution is 7.89. The highest BCUT2D eigenvalue weighted by Gasteiger charge is 2.33. The fourth-order valence-corrected chi connectivity index (χ4v) is 5.01. The van der Waals surface area contributed by atoms with Crippen LogP contribution in [0.2, 0.25) is 0 Å². The van der Waals surface area contributed by atoms with Crippen molar-refractivity contribution >= 4 is 10.0 Å². The van der Waals surface area contributed by atoms with Gasteiger partial charge in [0.05, 0.1) is 11.4 Å². The molecule has 3 rings (SSSR count). The average molecular weight is 387 g/mol.